The summed E-state index contributed by atoms with van der Waals surface area (Å²) in [5.41, 5.74) is 6.00. The van der Waals surface area contributed by atoms with Crippen LogP contribution in [0.3, 0.4) is 0 Å². The number of thiazole rings is 1. The number of rotatable bonds is 5. The van der Waals surface area contributed by atoms with Crippen LogP contribution in [-0.2, 0) is 14.8 Å². The summed E-state index contributed by atoms with van der Waals surface area (Å²) in [5, 5.41) is 0.736. The molecular formula is C19H26N4O4S2. The minimum Gasteiger partial charge on any atom is -0.378 e. The van der Waals surface area contributed by atoms with Gasteiger partial charge in [-0.15, -0.1) is 4.83 Å². The van der Waals surface area contributed by atoms with Gasteiger partial charge in [0.25, 0.3) is 15.9 Å². The highest BCUT2D eigenvalue weighted by Gasteiger charge is 2.25. The van der Waals surface area contributed by atoms with Crippen molar-refractivity contribution in [3.63, 3.8) is 0 Å². The second kappa shape index (κ2) is 8.39. The first-order valence-corrected chi connectivity index (χ1v) is 11.6. The largest absolute Gasteiger partial charge is 0.378 e. The lowest BCUT2D eigenvalue weighted by Gasteiger charge is -2.25. The quantitative estimate of drug-likeness (QED) is 0.694. The standard InChI is InChI=1S/C19H26N4O4S2/c1-11-10-12(2)14(4)17(13(11)3)29(25,26)22-21-18(24)16-15(5)20-19(28-16)23-6-8-27-9-7-23/h10,22H,6-9H2,1-5H3,(H,21,24). The number of aryl methyl sites for hydroxylation is 3. The number of ether oxygens (including phenoxy) is 1. The second-order valence-corrected chi connectivity index (χ2v) is 9.76. The highest BCUT2D eigenvalue weighted by atomic mass is 32.2. The van der Waals surface area contributed by atoms with Gasteiger partial charge < -0.3 is 9.64 Å². The monoisotopic (exact) mass is 438 g/mol. The lowest BCUT2D eigenvalue weighted by atomic mass is 10.0. The summed E-state index contributed by atoms with van der Waals surface area (Å²) < 4.78 is 31.1. The van der Waals surface area contributed by atoms with Crippen LogP contribution in [-0.4, -0.2) is 45.6 Å². The summed E-state index contributed by atoms with van der Waals surface area (Å²) in [6.07, 6.45) is 0. The lowest BCUT2D eigenvalue weighted by Crippen LogP contribution is -2.42. The number of hydrogen-bond donors (Lipinski definition) is 2. The van der Waals surface area contributed by atoms with Crippen molar-refractivity contribution in [2.24, 2.45) is 0 Å². The molecule has 1 aromatic carbocycles. The predicted octanol–water partition coefficient (Wildman–Crippen LogP) is 2.15. The van der Waals surface area contributed by atoms with Crippen LogP contribution in [0.2, 0.25) is 0 Å². The molecule has 0 saturated carbocycles. The van der Waals surface area contributed by atoms with Gasteiger partial charge in [-0.1, -0.05) is 17.4 Å². The minimum absolute atomic E-state index is 0.199. The number of hydrogen-bond acceptors (Lipinski definition) is 7. The van der Waals surface area contributed by atoms with Gasteiger partial charge in [-0.05, 0) is 56.9 Å². The molecule has 0 radical (unpaired) electrons. The van der Waals surface area contributed by atoms with Gasteiger partial charge in [-0.2, -0.15) is 0 Å². The molecule has 0 bridgehead atoms. The zero-order chi connectivity index (χ0) is 21.3. The minimum atomic E-state index is -3.92. The molecular weight excluding hydrogens is 412 g/mol. The first kappa shape index (κ1) is 21.7. The van der Waals surface area contributed by atoms with Gasteiger partial charge in [0.2, 0.25) is 0 Å². The van der Waals surface area contributed by atoms with Crippen LogP contribution in [0.5, 0.6) is 0 Å². The van der Waals surface area contributed by atoms with Crippen molar-refractivity contribution < 1.29 is 17.9 Å². The average molecular weight is 439 g/mol. The van der Waals surface area contributed by atoms with Crippen molar-refractivity contribution in [2.75, 3.05) is 31.2 Å². The van der Waals surface area contributed by atoms with Crippen LogP contribution >= 0.6 is 11.3 Å². The van der Waals surface area contributed by atoms with Crippen LogP contribution in [0.25, 0.3) is 0 Å². The van der Waals surface area contributed by atoms with E-state index in [1.807, 2.05) is 19.9 Å². The molecule has 0 aliphatic carbocycles. The Morgan fingerprint density at radius 1 is 1.10 bits per heavy atom. The van der Waals surface area contributed by atoms with Gasteiger partial charge >= 0.3 is 0 Å². The Labute approximate surface area is 175 Å². The third-order valence-electron chi connectivity index (χ3n) is 5.14. The Morgan fingerprint density at radius 2 is 1.69 bits per heavy atom. The zero-order valence-electron chi connectivity index (χ0n) is 17.2. The van der Waals surface area contributed by atoms with E-state index in [4.69, 9.17) is 4.74 Å². The molecule has 1 aromatic heterocycles. The van der Waals surface area contributed by atoms with E-state index in [2.05, 4.69) is 20.1 Å². The second-order valence-electron chi connectivity index (χ2n) is 7.16. The molecule has 8 nitrogen and oxygen atoms in total. The SMILES string of the molecule is Cc1cc(C)c(C)c(S(=O)(=O)NNC(=O)c2sc(N3CCOCC3)nc2C)c1C. The van der Waals surface area contributed by atoms with Crippen LogP contribution in [0.15, 0.2) is 11.0 Å². The van der Waals surface area contributed by atoms with Gasteiger partial charge in [0, 0.05) is 13.1 Å². The third-order valence-corrected chi connectivity index (χ3v) is 7.88. The van der Waals surface area contributed by atoms with Crippen molar-refractivity contribution in [3.8, 4) is 0 Å². The van der Waals surface area contributed by atoms with Crippen molar-refractivity contribution in [1.29, 1.82) is 0 Å². The molecule has 3 rings (SSSR count). The fourth-order valence-electron chi connectivity index (χ4n) is 3.29. The first-order chi connectivity index (χ1) is 13.6. The highest BCUT2D eigenvalue weighted by Crippen LogP contribution is 2.27. The highest BCUT2D eigenvalue weighted by molar-refractivity contribution is 7.89. The molecule has 1 aliphatic heterocycles. The summed E-state index contributed by atoms with van der Waals surface area (Å²) in [6, 6.07) is 1.95. The molecule has 1 fully saturated rings. The van der Waals surface area contributed by atoms with E-state index < -0.39 is 15.9 Å². The van der Waals surface area contributed by atoms with Gasteiger partial charge in [-0.3, -0.25) is 10.2 Å². The number of aromatic nitrogens is 1. The van der Waals surface area contributed by atoms with Gasteiger partial charge in [-0.25, -0.2) is 13.4 Å². The molecule has 0 unspecified atom stereocenters. The maximum atomic E-state index is 12.9. The lowest BCUT2D eigenvalue weighted by molar-refractivity contribution is 0.0948. The molecule has 1 aliphatic rings. The van der Waals surface area contributed by atoms with Crippen molar-refractivity contribution in [1.82, 2.24) is 15.2 Å². The number of amides is 1. The molecule has 10 heteroatoms. The van der Waals surface area contributed by atoms with E-state index in [0.717, 1.165) is 16.3 Å². The van der Waals surface area contributed by atoms with Crippen molar-refractivity contribution in [2.45, 2.75) is 39.5 Å². The topological polar surface area (TPSA) is 101 Å². The number of hydrazine groups is 1. The van der Waals surface area contributed by atoms with Crippen LogP contribution in [0.4, 0.5) is 5.13 Å². The van der Waals surface area contributed by atoms with E-state index >= 15 is 0 Å². The number of morpholine rings is 1. The molecule has 2 heterocycles. The molecule has 2 aromatic rings. The summed E-state index contributed by atoms with van der Waals surface area (Å²) >= 11 is 1.24. The fourth-order valence-corrected chi connectivity index (χ4v) is 5.76. The Morgan fingerprint density at radius 3 is 2.28 bits per heavy atom. The van der Waals surface area contributed by atoms with Crippen LogP contribution in [0.1, 0.15) is 37.6 Å². The number of nitrogens with zero attached hydrogens (tertiary/aromatic N) is 2. The van der Waals surface area contributed by atoms with Crippen molar-refractivity contribution >= 4 is 32.4 Å². The Hall–Kier alpha value is -2.01. The Bertz CT molecular complexity index is 1010. The Kier molecular flexibility index (Phi) is 6.27. The van der Waals surface area contributed by atoms with E-state index in [-0.39, 0.29) is 4.90 Å². The number of benzene rings is 1. The fraction of sp³-hybridized carbons (Fsp3) is 0.474. The number of nitrogens with one attached hydrogen (secondary N) is 2. The van der Waals surface area contributed by atoms with Gasteiger partial charge in [0.15, 0.2) is 5.13 Å². The number of carbonyl (C=O) groups is 1. The van der Waals surface area contributed by atoms with E-state index in [9.17, 15) is 13.2 Å². The molecule has 2 N–H and O–H groups in total. The predicted molar refractivity (Wildman–Crippen MR) is 113 cm³/mol. The van der Waals surface area contributed by atoms with Gasteiger partial charge in [0.1, 0.15) is 4.88 Å². The summed E-state index contributed by atoms with van der Waals surface area (Å²) in [6.45, 7) is 11.7. The molecule has 1 amide bonds. The van der Waals surface area contributed by atoms with Crippen LogP contribution in [0, 0.1) is 34.6 Å². The normalized spacial score (nSPS) is 14.9. The zero-order valence-corrected chi connectivity index (χ0v) is 18.9. The van der Waals surface area contributed by atoms with Crippen LogP contribution < -0.4 is 15.2 Å². The smallest absolute Gasteiger partial charge is 0.278 e. The van der Waals surface area contributed by atoms with Gasteiger partial charge in [0.05, 0.1) is 23.8 Å². The third kappa shape index (κ3) is 4.45. The molecule has 29 heavy (non-hydrogen) atoms. The van der Waals surface area contributed by atoms with E-state index in [1.54, 1.807) is 20.8 Å². The maximum Gasteiger partial charge on any atom is 0.278 e. The van der Waals surface area contributed by atoms with E-state index in [1.165, 1.54) is 11.3 Å². The number of sulfonamides is 1. The molecule has 1 saturated heterocycles. The first-order valence-electron chi connectivity index (χ1n) is 9.31. The molecule has 0 spiro atoms. The average Bonchev–Trinajstić information content (AvgIpc) is 3.07. The summed E-state index contributed by atoms with van der Waals surface area (Å²) in [4.78, 5) is 22.0. The molecule has 0 atom stereocenters. The summed E-state index contributed by atoms with van der Waals surface area (Å²) in [7, 11) is -3.92. The van der Waals surface area contributed by atoms with E-state index in [0.29, 0.717) is 48.0 Å². The molecule has 158 valence electrons. The summed E-state index contributed by atoms with van der Waals surface area (Å²) in [5.74, 6) is -0.525. The Balaban J connectivity index is 1.78. The van der Waals surface area contributed by atoms with Crippen molar-refractivity contribution in [3.05, 3.63) is 38.9 Å². The maximum absolute atomic E-state index is 12.9. The number of carbonyl (C=O) groups excluding carboxylic acids is 1. The number of anilines is 1.